The zero-order valence-electron chi connectivity index (χ0n) is 31.3. The number of hydrogen-bond acceptors (Lipinski definition) is 10. The van der Waals surface area contributed by atoms with Gasteiger partial charge >= 0.3 is 0 Å². The van der Waals surface area contributed by atoms with Crippen LogP contribution in [0.3, 0.4) is 0 Å². The number of carbonyl (C=O) groups excluding carboxylic acids is 4. The Kier molecular flexibility index (Phi) is 11.7. The number of nitrogens with two attached hydrogens (primary N) is 2. The molecule has 16 heteroatoms. The Hall–Kier alpha value is -5.74. The number of hydrogen-bond donors (Lipinski definition) is 4. The van der Waals surface area contributed by atoms with E-state index in [0.29, 0.717) is 85.4 Å². The summed E-state index contributed by atoms with van der Waals surface area (Å²) in [5.74, 6) is -0.359. The minimum Gasteiger partial charge on any atom is -0.451 e. The number of nitrogen functional groups attached to an aromatic ring is 2. The van der Waals surface area contributed by atoms with Gasteiger partial charge in [0.2, 0.25) is 11.8 Å². The van der Waals surface area contributed by atoms with E-state index >= 15 is 0 Å². The number of nitrogens with one attached hydrogen (secondary N) is 2. The average molecular weight is 769 g/mol. The number of fused-ring (bicyclic) bond motifs is 2. The van der Waals surface area contributed by atoms with Crippen LogP contribution in [0.25, 0.3) is 21.9 Å². The molecule has 0 bridgehead atoms. The van der Waals surface area contributed by atoms with Crippen molar-refractivity contribution in [3.8, 4) is 0 Å². The number of amidine groups is 2. The summed E-state index contributed by atoms with van der Waals surface area (Å²) in [5.41, 5.74) is 13.4. The first-order chi connectivity index (χ1) is 27.0. The monoisotopic (exact) mass is 768 g/mol. The lowest BCUT2D eigenvalue weighted by Gasteiger charge is -2.35. The van der Waals surface area contributed by atoms with Crippen LogP contribution in [0, 0.1) is 10.8 Å². The second-order valence-corrected chi connectivity index (χ2v) is 14.6. The highest BCUT2D eigenvalue weighted by Gasteiger charge is 2.30. The fourth-order valence-electron chi connectivity index (χ4n) is 7.59. The van der Waals surface area contributed by atoms with Crippen molar-refractivity contribution in [2.24, 2.45) is 11.5 Å². The van der Waals surface area contributed by atoms with Gasteiger partial charge in [0.1, 0.15) is 36.1 Å². The Bertz CT molecular complexity index is 1970. The Morgan fingerprint density at radius 2 is 0.929 bits per heavy atom. The maximum absolute atomic E-state index is 13.1. The van der Waals surface area contributed by atoms with Gasteiger partial charge in [-0.05, 0) is 87.1 Å². The van der Waals surface area contributed by atoms with E-state index in [9.17, 15) is 19.2 Å². The van der Waals surface area contributed by atoms with Gasteiger partial charge in [-0.15, -0.1) is 0 Å². The normalized spacial score (nSPS) is 19.5. The van der Waals surface area contributed by atoms with E-state index in [0.717, 1.165) is 38.5 Å². The minimum absolute atomic E-state index is 0.00576. The summed E-state index contributed by atoms with van der Waals surface area (Å²) < 4.78 is 23.7. The van der Waals surface area contributed by atoms with E-state index < -0.39 is 0 Å². The third-order valence-corrected chi connectivity index (χ3v) is 10.9. The number of carbonyl (C=O) groups is 4. The first kappa shape index (κ1) is 38.5. The summed E-state index contributed by atoms with van der Waals surface area (Å²) in [6, 6.07) is 13.5. The summed E-state index contributed by atoms with van der Waals surface area (Å²) in [4.78, 5) is 59.1. The molecule has 1 saturated carbocycles. The van der Waals surface area contributed by atoms with E-state index in [4.69, 9.17) is 40.6 Å². The van der Waals surface area contributed by atoms with Crippen molar-refractivity contribution < 1.29 is 37.5 Å². The molecule has 3 fully saturated rings. The molecule has 56 heavy (non-hydrogen) atoms. The zero-order chi connectivity index (χ0) is 39.3. The molecule has 296 valence electrons. The van der Waals surface area contributed by atoms with Crippen LogP contribution in [-0.2, 0) is 19.1 Å². The molecule has 0 spiro atoms. The molecular formula is C40H48N8O8. The van der Waals surface area contributed by atoms with Crippen LogP contribution in [0.2, 0.25) is 0 Å². The third-order valence-electron chi connectivity index (χ3n) is 10.9. The molecule has 2 aromatic heterocycles. The molecule has 2 saturated heterocycles. The van der Waals surface area contributed by atoms with Crippen LogP contribution in [-0.4, -0.2) is 133 Å². The number of rotatable bonds is 10. The predicted octanol–water partition coefficient (Wildman–Crippen LogP) is 3.14. The molecule has 4 heterocycles. The van der Waals surface area contributed by atoms with Crippen LogP contribution >= 0.6 is 0 Å². The summed E-state index contributed by atoms with van der Waals surface area (Å²) in [5, 5.41) is 16.7. The summed E-state index contributed by atoms with van der Waals surface area (Å²) in [7, 11) is 0. The number of ether oxygens (including phenoxy) is 2. The van der Waals surface area contributed by atoms with E-state index in [1.165, 1.54) is 0 Å². The Balaban J connectivity index is 0.776. The van der Waals surface area contributed by atoms with Gasteiger partial charge in [0.25, 0.3) is 11.8 Å². The van der Waals surface area contributed by atoms with Gasteiger partial charge in [-0.1, -0.05) is 0 Å². The van der Waals surface area contributed by atoms with Crippen molar-refractivity contribution in [2.75, 3.05) is 65.6 Å². The fraction of sp³-hybridized carbons (Fsp3) is 0.450. The van der Waals surface area contributed by atoms with Gasteiger partial charge in [0, 0.05) is 74.3 Å². The number of nitrogens with zero attached hydrogens (tertiary/aromatic N) is 4. The smallest absolute Gasteiger partial charge is 0.289 e. The Morgan fingerprint density at radius 3 is 1.29 bits per heavy atom. The lowest BCUT2D eigenvalue weighted by molar-refractivity contribution is -0.140. The highest BCUT2D eigenvalue weighted by atomic mass is 16.5. The number of piperazine rings is 2. The molecule has 2 aliphatic heterocycles. The number of benzene rings is 2. The third kappa shape index (κ3) is 8.87. The van der Waals surface area contributed by atoms with E-state index in [-0.39, 0.29) is 72.2 Å². The SMILES string of the molecule is N=C(N)c1ccc2oc(C(=O)N3CCN(C(=O)COC4CCCC(OCC(=O)N5CCN(C(=O)c6cc7cc(C(=N)N)ccc7o6)CC5)CCC4)CC3)cc2c1. The maximum atomic E-state index is 13.1. The highest BCUT2D eigenvalue weighted by Crippen LogP contribution is 2.25. The first-order valence-electron chi connectivity index (χ1n) is 19.2. The second kappa shape index (κ2) is 17.0. The van der Waals surface area contributed by atoms with Crippen LogP contribution in [0.1, 0.15) is 70.8 Å². The van der Waals surface area contributed by atoms with Crippen molar-refractivity contribution in [1.82, 2.24) is 19.6 Å². The maximum Gasteiger partial charge on any atom is 0.289 e. The first-order valence-corrected chi connectivity index (χ1v) is 19.2. The van der Waals surface area contributed by atoms with Gasteiger partial charge in [-0.2, -0.15) is 0 Å². The lowest BCUT2D eigenvalue weighted by atomic mass is 9.96. The average Bonchev–Trinajstić information content (AvgIpc) is 3.83. The molecule has 4 aromatic rings. The Labute approximate surface area is 323 Å². The van der Waals surface area contributed by atoms with Crippen molar-refractivity contribution in [1.29, 1.82) is 10.8 Å². The number of furan rings is 2. The number of amides is 4. The van der Waals surface area contributed by atoms with Crippen molar-refractivity contribution in [3.05, 3.63) is 71.2 Å². The Morgan fingerprint density at radius 1 is 0.571 bits per heavy atom. The van der Waals surface area contributed by atoms with Crippen molar-refractivity contribution in [3.63, 3.8) is 0 Å². The van der Waals surface area contributed by atoms with Crippen molar-refractivity contribution in [2.45, 2.75) is 50.7 Å². The molecule has 7 rings (SSSR count). The topological polar surface area (TPSA) is 226 Å². The van der Waals surface area contributed by atoms with Gasteiger partial charge in [-0.25, -0.2) is 0 Å². The molecule has 0 unspecified atom stereocenters. The summed E-state index contributed by atoms with van der Waals surface area (Å²) in [6.45, 7) is 3.17. The predicted molar refractivity (Wildman–Crippen MR) is 207 cm³/mol. The molecule has 0 radical (unpaired) electrons. The largest absolute Gasteiger partial charge is 0.451 e. The highest BCUT2D eigenvalue weighted by molar-refractivity contribution is 6.02. The van der Waals surface area contributed by atoms with Crippen LogP contribution in [0.15, 0.2) is 57.4 Å². The molecule has 2 aromatic carbocycles. The summed E-state index contributed by atoms with van der Waals surface area (Å²) in [6.07, 6.45) is 4.85. The summed E-state index contributed by atoms with van der Waals surface area (Å²) >= 11 is 0. The zero-order valence-corrected chi connectivity index (χ0v) is 31.3. The molecule has 16 nitrogen and oxygen atoms in total. The molecule has 0 atom stereocenters. The molecule has 1 aliphatic carbocycles. The van der Waals surface area contributed by atoms with Crippen molar-refractivity contribution >= 4 is 57.2 Å². The van der Waals surface area contributed by atoms with Gasteiger partial charge < -0.3 is 49.4 Å². The molecule has 3 aliphatic rings. The standard InChI is InChI=1S/C40H48N8O8/c41-37(42)25-7-9-31-27(19-25)21-33(55-31)39(51)47-15-11-45(12-16-47)35(49)23-53-29-3-1-4-30(6-2-5-29)54-24-36(50)46-13-17-48(18-14-46)40(52)34-22-28-20-26(38(43)44)8-10-32(28)56-34/h7-10,19-22,29-30H,1-6,11-18,23-24H2,(H3,41,42)(H3,43,44). The van der Waals surface area contributed by atoms with Gasteiger partial charge in [-0.3, -0.25) is 30.0 Å². The van der Waals surface area contributed by atoms with Crippen LogP contribution < -0.4 is 11.5 Å². The minimum atomic E-state index is -0.241. The van der Waals surface area contributed by atoms with Gasteiger partial charge in [0.15, 0.2) is 11.5 Å². The quantitative estimate of drug-likeness (QED) is 0.136. The molecule has 4 amide bonds. The van der Waals surface area contributed by atoms with E-state index in [2.05, 4.69) is 0 Å². The van der Waals surface area contributed by atoms with E-state index in [1.54, 1.807) is 68.1 Å². The fourth-order valence-corrected chi connectivity index (χ4v) is 7.59. The van der Waals surface area contributed by atoms with E-state index in [1.807, 2.05) is 0 Å². The van der Waals surface area contributed by atoms with Crippen LogP contribution in [0.5, 0.6) is 0 Å². The second-order valence-electron chi connectivity index (χ2n) is 14.6. The van der Waals surface area contributed by atoms with Gasteiger partial charge in [0.05, 0.1) is 12.2 Å². The van der Waals surface area contributed by atoms with Crippen LogP contribution in [0.4, 0.5) is 0 Å². The molecule has 6 N–H and O–H groups in total. The lowest BCUT2D eigenvalue weighted by Crippen LogP contribution is -2.51. The molecular weight excluding hydrogens is 720 g/mol.